The van der Waals surface area contributed by atoms with E-state index >= 15 is 0 Å². The van der Waals surface area contributed by atoms with E-state index in [9.17, 15) is 14.4 Å². The summed E-state index contributed by atoms with van der Waals surface area (Å²) >= 11 is 0. The molecule has 0 bridgehead atoms. The maximum absolute atomic E-state index is 14.0. The van der Waals surface area contributed by atoms with Crippen molar-refractivity contribution < 1.29 is 94.9 Å². The Hall–Kier alpha value is -8.39. The van der Waals surface area contributed by atoms with Crippen molar-refractivity contribution in [3.63, 3.8) is 0 Å². The number of methoxy groups -OCH3 is 1. The quantitative estimate of drug-likeness (QED) is 0.0198. The summed E-state index contributed by atoms with van der Waals surface area (Å²) in [5, 5.41) is 0. The van der Waals surface area contributed by atoms with Gasteiger partial charge in [-0.3, -0.25) is 14.4 Å². The summed E-state index contributed by atoms with van der Waals surface area (Å²) in [5.74, 6) is -1.49. The van der Waals surface area contributed by atoms with Crippen LogP contribution in [0.1, 0.15) is 103 Å². The van der Waals surface area contributed by atoms with Crippen LogP contribution in [0.25, 0.3) is 0 Å². The Balaban J connectivity index is 0.994. The molecule has 3 heterocycles. The summed E-state index contributed by atoms with van der Waals surface area (Å²) in [7, 11) is 1.40. The zero-order chi connectivity index (χ0) is 74.8. The lowest BCUT2D eigenvalue weighted by molar-refractivity contribution is -0.380. The molecule has 20 nitrogen and oxygen atoms in total. The Morgan fingerprint density at radius 3 is 0.935 bits per heavy atom. The van der Waals surface area contributed by atoms with Crippen molar-refractivity contribution in [2.24, 2.45) is 0 Å². The van der Waals surface area contributed by atoms with Crippen LogP contribution in [0.4, 0.5) is 0 Å². The molecule has 3 saturated heterocycles. The molecule has 8 aromatic rings. The number of rotatable bonds is 43. The monoisotopic (exact) mass is 1480 g/mol. The number of hydrogen-bond acceptors (Lipinski definition) is 20. The minimum Gasteiger partial charge on any atom is -0.469 e. The van der Waals surface area contributed by atoms with Crippen molar-refractivity contribution in [1.29, 1.82) is 0 Å². The molecule has 15 atom stereocenters. The van der Waals surface area contributed by atoms with Crippen LogP contribution in [0.2, 0.25) is 0 Å². The predicted molar refractivity (Wildman–Crippen MR) is 401 cm³/mol. The Morgan fingerprint density at radius 2 is 0.574 bits per heavy atom. The highest BCUT2D eigenvalue weighted by atomic mass is 16.8. The number of esters is 3. The van der Waals surface area contributed by atoms with Gasteiger partial charge >= 0.3 is 17.9 Å². The summed E-state index contributed by atoms with van der Waals surface area (Å²) in [6.45, 7) is 3.59. The normalized spacial score (nSPS) is 24.2. The molecular weight excluding hydrogens is 1380 g/mol. The van der Waals surface area contributed by atoms with Gasteiger partial charge in [0.15, 0.2) is 31.1 Å². The Morgan fingerprint density at radius 1 is 0.287 bits per heavy atom. The average molecular weight is 1480 g/mol. The van der Waals surface area contributed by atoms with Crippen LogP contribution in [0.3, 0.4) is 0 Å². The van der Waals surface area contributed by atoms with Gasteiger partial charge in [0.25, 0.3) is 0 Å². The molecule has 0 saturated carbocycles. The van der Waals surface area contributed by atoms with E-state index in [2.05, 4.69) is 0 Å². The van der Waals surface area contributed by atoms with E-state index in [1.54, 1.807) is 0 Å². The van der Waals surface area contributed by atoms with E-state index < -0.39 is 104 Å². The van der Waals surface area contributed by atoms with Gasteiger partial charge in [0.05, 0.1) is 79.8 Å². The Bertz CT molecular complexity index is 3800. The first-order chi connectivity index (χ1) is 53.1. The van der Waals surface area contributed by atoms with E-state index in [1.165, 1.54) is 21.0 Å². The standard InChI is InChI=1S/C88H102O20/c1-63(89)103-84-80(99-57-70-44-26-13-27-45-70)77(96-54-67-38-20-10-21-39-67)73(60-93-52-65-34-16-8-17-35-65)105-87(84)102-62-75-79(98-56-69-42-24-12-25-43-69)82(83(101-59-72-48-30-15-31-49-72)86(106-75)95-51-33-7-5-4-6-32-50-76(91)92-3)108-88-85(104-64(2)90)81(100-58-71-46-28-14-29-47-71)78(97-55-68-40-22-11-23-41-68)74(107-88)61-94-53-66-36-18-9-19-37-66/h8-31,34-49,73-75,77-88H,4-7,32-33,50-62H2,1-3H3/t73-,74-,75-,77-,78-,79-,80+,81+,82+,83+,84+,85+,86+,87+,88-/m1/s1. The third-order valence-electron chi connectivity index (χ3n) is 18.9. The number of unbranched alkanes of at least 4 members (excludes halogenated alkanes) is 5. The van der Waals surface area contributed by atoms with Gasteiger partial charge in [0.1, 0.15) is 61.0 Å². The Kier molecular flexibility index (Phi) is 33.1. The molecule has 0 aromatic heterocycles. The Labute approximate surface area is 634 Å². The zero-order valence-corrected chi connectivity index (χ0v) is 61.9. The molecule has 3 fully saturated rings. The topological polar surface area (TPSA) is 208 Å². The van der Waals surface area contributed by atoms with Gasteiger partial charge in [-0.25, -0.2) is 0 Å². The number of benzene rings is 8. The molecule has 108 heavy (non-hydrogen) atoms. The summed E-state index contributed by atoms with van der Waals surface area (Å²) in [4.78, 5) is 39.7. The molecular formula is C88H102O20. The number of ether oxygens (including phenoxy) is 17. The van der Waals surface area contributed by atoms with Crippen LogP contribution in [0, 0.1) is 0 Å². The molecule has 3 aliphatic heterocycles. The van der Waals surface area contributed by atoms with Gasteiger partial charge in [0, 0.05) is 26.9 Å². The predicted octanol–water partition coefficient (Wildman–Crippen LogP) is 14.3. The molecule has 0 aliphatic carbocycles. The van der Waals surface area contributed by atoms with E-state index in [1.807, 2.05) is 243 Å². The van der Waals surface area contributed by atoms with Gasteiger partial charge in [-0.15, -0.1) is 0 Å². The van der Waals surface area contributed by atoms with Gasteiger partial charge in [-0.05, 0) is 57.3 Å². The molecule has 0 radical (unpaired) electrons. The lowest BCUT2D eigenvalue weighted by Gasteiger charge is -2.50. The summed E-state index contributed by atoms with van der Waals surface area (Å²) in [6, 6.07) is 78.0. The van der Waals surface area contributed by atoms with E-state index in [-0.39, 0.29) is 85.3 Å². The van der Waals surface area contributed by atoms with E-state index in [4.69, 9.17) is 80.5 Å². The maximum atomic E-state index is 14.0. The second-order valence-corrected chi connectivity index (χ2v) is 27.1. The highest BCUT2D eigenvalue weighted by Gasteiger charge is 2.57. The molecule has 0 unspecified atom stereocenters. The van der Waals surface area contributed by atoms with Gasteiger partial charge < -0.3 is 80.5 Å². The first kappa shape index (κ1) is 80.6. The van der Waals surface area contributed by atoms with E-state index in [0.717, 1.165) is 76.6 Å². The lowest BCUT2D eigenvalue weighted by atomic mass is 9.95. The van der Waals surface area contributed by atoms with Gasteiger partial charge in [0.2, 0.25) is 0 Å². The fourth-order valence-electron chi connectivity index (χ4n) is 13.4. The fraction of sp³-hybridized carbons (Fsp3) is 0.420. The highest BCUT2D eigenvalue weighted by molar-refractivity contribution is 5.69. The SMILES string of the molecule is COC(=O)CCCCCCCCO[C@H]1O[C@H](CO[C@H]2O[C@H](COCc3ccccc3)[C@@H](OCc3ccccc3)[C@H](OCc3ccccc3)[C@@H]2OC(C)=O)[C@@H](OCc2ccccc2)[C@H](O[C@H]2O[C@H](COCc3ccccc3)[C@@H](OCc3ccccc3)[C@H](OCc3ccccc3)[C@@H]2OC(C)=O)[C@@H]1OCc1ccccc1. The second kappa shape index (κ2) is 44.3. The summed E-state index contributed by atoms with van der Waals surface area (Å²) in [5.41, 5.74) is 7.03. The maximum Gasteiger partial charge on any atom is 0.305 e. The second-order valence-electron chi connectivity index (χ2n) is 27.1. The first-order valence-corrected chi connectivity index (χ1v) is 37.5. The van der Waals surface area contributed by atoms with Crippen molar-refractivity contribution in [3.8, 4) is 0 Å². The van der Waals surface area contributed by atoms with E-state index in [0.29, 0.717) is 12.8 Å². The molecule has 0 spiro atoms. The third-order valence-corrected chi connectivity index (χ3v) is 18.9. The van der Waals surface area contributed by atoms with Gasteiger partial charge in [-0.2, -0.15) is 0 Å². The zero-order valence-electron chi connectivity index (χ0n) is 61.9. The summed E-state index contributed by atoms with van der Waals surface area (Å²) < 4.78 is 117. The molecule has 11 rings (SSSR count). The molecule has 574 valence electrons. The number of carbonyl (C=O) groups excluding carboxylic acids is 3. The molecule has 0 N–H and O–H groups in total. The summed E-state index contributed by atoms with van der Waals surface area (Å²) in [6.07, 6.45) is -11.8. The van der Waals surface area contributed by atoms with Crippen molar-refractivity contribution >= 4 is 17.9 Å². The number of carbonyl (C=O) groups is 3. The first-order valence-electron chi connectivity index (χ1n) is 37.5. The molecule has 3 aliphatic rings. The van der Waals surface area contributed by atoms with Crippen LogP contribution >= 0.6 is 0 Å². The molecule has 0 amide bonds. The highest BCUT2D eigenvalue weighted by Crippen LogP contribution is 2.39. The minimum atomic E-state index is -1.46. The van der Waals surface area contributed by atoms with Crippen LogP contribution in [-0.4, -0.2) is 144 Å². The van der Waals surface area contributed by atoms with Crippen LogP contribution in [0.5, 0.6) is 0 Å². The van der Waals surface area contributed by atoms with Crippen molar-refractivity contribution in [3.05, 3.63) is 287 Å². The van der Waals surface area contributed by atoms with Crippen LogP contribution < -0.4 is 0 Å². The lowest BCUT2D eigenvalue weighted by Crippen LogP contribution is -2.67. The molecule has 8 aromatic carbocycles. The number of hydrogen-bond donors (Lipinski definition) is 0. The average Bonchev–Trinajstić information content (AvgIpc) is 0.764. The van der Waals surface area contributed by atoms with Crippen molar-refractivity contribution in [2.45, 2.75) is 204 Å². The van der Waals surface area contributed by atoms with Crippen LogP contribution in [-0.2, 0) is 148 Å². The minimum absolute atomic E-state index is 0.00603. The third kappa shape index (κ3) is 25.6. The van der Waals surface area contributed by atoms with Crippen molar-refractivity contribution in [1.82, 2.24) is 0 Å². The van der Waals surface area contributed by atoms with Crippen LogP contribution in [0.15, 0.2) is 243 Å². The molecule has 20 heteroatoms. The fourth-order valence-corrected chi connectivity index (χ4v) is 13.4. The van der Waals surface area contributed by atoms with Crippen molar-refractivity contribution in [2.75, 3.05) is 33.5 Å². The largest absolute Gasteiger partial charge is 0.469 e. The smallest absolute Gasteiger partial charge is 0.305 e. The van der Waals surface area contributed by atoms with Gasteiger partial charge in [-0.1, -0.05) is 268 Å².